The van der Waals surface area contributed by atoms with Crippen LogP contribution in [-0.4, -0.2) is 28.0 Å². The van der Waals surface area contributed by atoms with Gasteiger partial charge >= 0.3 is 5.97 Å². The monoisotopic (exact) mass is 290 g/mol. The van der Waals surface area contributed by atoms with E-state index in [0.29, 0.717) is 5.75 Å². The molecule has 0 aliphatic rings. The number of aliphatic hydroxyl groups is 1. The van der Waals surface area contributed by atoms with E-state index >= 15 is 0 Å². The minimum absolute atomic E-state index is 0.540. The van der Waals surface area contributed by atoms with E-state index in [1.54, 1.807) is 25.6 Å². The summed E-state index contributed by atoms with van der Waals surface area (Å²) in [6.07, 6.45) is -1.35. The molecule has 2 rings (SSSR count). The summed E-state index contributed by atoms with van der Waals surface area (Å²) >= 11 is 1.56. The molecule has 20 heavy (non-hydrogen) atoms. The van der Waals surface area contributed by atoms with E-state index in [9.17, 15) is 9.90 Å². The topological polar surface area (TPSA) is 57.5 Å². The van der Waals surface area contributed by atoms with E-state index in [4.69, 9.17) is 5.11 Å². The van der Waals surface area contributed by atoms with Gasteiger partial charge in [-0.15, -0.1) is 11.8 Å². The molecule has 106 valence electrons. The molecule has 0 bridgehead atoms. The zero-order valence-corrected chi connectivity index (χ0v) is 12.4. The van der Waals surface area contributed by atoms with Gasteiger partial charge in [-0.3, -0.25) is 0 Å². The highest BCUT2D eigenvalue weighted by molar-refractivity contribution is 7.99. The molecule has 2 aromatic carbocycles. The van der Waals surface area contributed by atoms with Gasteiger partial charge in [0.1, 0.15) is 0 Å². The fourth-order valence-electron chi connectivity index (χ4n) is 1.94. The van der Waals surface area contributed by atoms with Crippen LogP contribution in [0.3, 0.4) is 0 Å². The van der Waals surface area contributed by atoms with E-state index < -0.39 is 17.5 Å². The molecule has 0 saturated heterocycles. The average Bonchev–Trinajstić information content (AvgIpc) is 2.44. The first-order valence-corrected chi connectivity index (χ1v) is 7.41. The lowest BCUT2D eigenvalue weighted by molar-refractivity contribution is -0.152. The summed E-state index contributed by atoms with van der Waals surface area (Å²) in [5, 5.41) is 20.9. The second-order valence-corrected chi connectivity index (χ2v) is 6.58. The molecule has 0 spiro atoms. The molecule has 2 N–H and O–H groups in total. The van der Waals surface area contributed by atoms with Crippen molar-refractivity contribution in [3.8, 4) is 0 Å². The van der Waals surface area contributed by atoms with Crippen LogP contribution < -0.4 is 0 Å². The average molecular weight is 290 g/mol. The van der Waals surface area contributed by atoms with E-state index in [2.05, 4.69) is 24.3 Å². The Bertz CT molecular complexity index is 622. The van der Waals surface area contributed by atoms with Crippen molar-refractivity contribution in [1.29, 1.82) is 0 Å². The van der Waals surface area contributed by atoms with Crippen LogP contribution in [0.25, 0.3) is 10.8 Å². The van der Waals surface area contributed by atoms with Gasteiger partial charge in [0.2, 0.25) is 0 Å². The number of aliphatic carboxylic acids is 1. The number of aliphatic hydroxyl groups excluding tert-OH is 1. The number of benzene rings is 2. The number of thioether (sulfide) groups is 1. The maximum absolute atomic E-state index is 10.9. The van der Waals surface area contributed by atoms with Crippen molar-refractivity contribution in [2.24, 2.45) is 5.41 Å². The SMILES string of the molecule is CC(C)(CSc1ccc2ccccc2c1)[C@@H](O)C(=O)O. The summed E-state index contributed by atoms with van der Waals surface area (Å²) in [5.41, 5.74) is -0.678. The second kappa shape index (κ2) is 5.85. The Balaban J connectivity index is 2.11. The van der Waals surface area contributed by atoms with E-state index in [-0.39, 0.29) is 0 Å². The lowest BCUT2D eigenvalue weighted by Crippen LogP contribution is -2.38. The van der Waals surface area contributed by atoms with Crippen molar-refractivity contribution < 1.29 is 15.0 Å². The molecular weight excluding hydrogens is 272 g/mol. The van der Waals surface area contributed by atoms with E-state index in [1.165, 1.54) is 5.39 Å². The molecule has 1 atom stereocenters. The largest absolute Gasteiger partial charge is 0.479 e. The predicted octanol–water partition coefficient (Wildman–Crippen LogP) is 3.40. The maximum Gasteiger partial charge on any atom is 0.333 e. The fourth-order valence-corrected chi connectivity index (χ4v) is 3.01. The van der Waals surface area contributed by atoms with Crippen molar-refractivity contribution in [3.05, 3.63) is 42.5 Å². The van der Waals surface area contributed by atoms with Gasteiger partial charge in [0, 0.05) is 16.1 Å². The first kappa shape index (κ1) is 14.9. The van der Waals surface area contributed by atoms with E-state index in [1.807, 2.05) is 18.2 Å². The van der Waals surface area contributed by atoms with Crippen molar-refractivity contribution >= 4 is 28.5 Å². The van der Waals surface area contributed by atoms with Gasteiger partial charge in [-0.1, -0.05) is 44.2 Å². The fraction of sp³-hybridized carbons (Fsp3) is 0.312. The molecule has 0 fully saturated rings. The summed E-state index contributed by atoms with van der Waals surface area (Å²) in [5.74, 6) is -0.632. The third-order valence-corrected chi connectivity index (χ3v) is 4.78. The number of carbonyl (C=O) groups is 1. The number of hydrogen-bond acceptors (Lipinski definition) is 3. The molecule has 4 heteroatoms. The molecule has 0 amide bonds. The Morgan fingerprint density at radius 3 is 2.50 bits per heavy atom. The summed E-state index contributed by atoms with van der Waals surface area (Å²) < 4.78 is 0. The van der Waals surface area contributed by atoms with Crippen LogP contribution >= 0.6 is 11.8 Å². The molecular formula is C16H18O3S. The molecule has 2 aromatic rings. The summed E-state index contributed by atoms with van der Waals surface area (Å²) in [7, 11) is 0. The predicted molar refractivity (Wildman–Crippen MR) is 82.1 cm³/mol. The number of carboxylic acid groups (broad SMARTS) is 1. The van der Waals surface area contributed by atoms with Gasteiger partial charge in [0.25, 0.3) is 0 Å². The van der Waals surface area contributed by atoms with Gasteiger partial charge in [0.05, 0.1) is 0 Å². The van der Waals surface area contributed by atoms with Crippen molar-refractivity contribution in [2.75, 3.05) is 5.75 Å². The Labute approximate surface area is 122 Å². The van der Waals surface area contributed by atoms with Crippen LogP contribution in [-0.2, 0) is 4.79 Å². The molecule has 0 aromatic heterocycles. The lowest BCUT2D eigenvalue weighted by Gasteiger charge is -2.27. The Kier molecular flexibility index (Phi) is 4.35. The maximum atomic E-state index is 10.9. The Morgan fingerprint density at radius 1 is 1.20 bits per heavy atom. The highest BCUT2D eigenvalue weighted by Gasteiger charge is 2.33. The van der Waals surface area contributed by atoms with Crippen LogP contribution in [0.15, 0.2) is 47.4 Å². The van der Waals surface area contributed by atoms with Crippen LogP contribution in [0, 0.1) is 5.41 Å². The molecule has 0 radical (unpaired) electrons. The normalized spacial score (nSPS) is 13.3. The molecule has 0 aliphatic heterocycles. The molecule has 0 heterocycles. The summed E-state index contributed by atoms with van der Waals surface area (Å²) in [4.78, 5) is 12.0. The number of carboxylic acids is 1. The standard InChI is InChI=1S/C16H18O3S/c1-16(2,14(17)15(18)19)10-20-13-8-7-11-5-3-4-6-12(11)9-13/h3-9,14,17H,10H2,1-2H3,(H,18,19)/t14-/m0/s1. The van der Waals surface area contributed by atoms with Crippen molar-refractivity contribution in [3.63, 3.8) is 0 Å². The molecule has 0 aliphatic carbocycles. The van der Waals surface area contributed by atoms with Crippen molar-refractivity contribution in [2.45, 2.75) is 24.8 Å². The summed E-state index contributed by atoms with van der Waals surface area (Å²) in [6, 6.07) is 14.3. The lowest BCUT2D eigenvalue weighted by atomic mass is 9.89. The molecule has 0 saturated carbocycles. The molecule has 3 nitrogen and oxygen atoms in total. The van der Waals surface area contributed by atoms with Gasteiger partial charge in [0.15, 0.2) is 6.10 Å². The highest BCUT2D eigenvalue weighted by atomic mass is 32.2. The van der Waals surface area contributed by atoms with Crippen LogP contribution in [0.2, 0.25) is 0 Å². The first-order chi connectivity index (χ1) is 9.40. The smallest absolute Gasteiger partial charge is 0.333 e. The van der Waals surface area contributed by atoms with Crippen molar-refractivity contribution in [1.82, 2.24) is 0 Å². The van der Waals surface area contributed by atoms with Crippen LogP contribution in [0.5, 0.6) is 0 Å². The Hall–Kier alpha value is -1.52. The van der Waals surface area contributed by atoms with Gasteiger partial charge in [-0.2, -0.15) is 0 Å². The first-order valence-electron chi connectivity index (χ1n) is 6.43. The molecule has 0 unspecified atom stereocenters. The second-order valence-electron chi connectivity index (χ2n) is 5.53. The minimum atomic E-state index is -1.35. The van der Waals surface area contributed by atoms with Crippen LogP contribution in [0.4, 0.5) is 0 Å². The third kappa shape index (κ3) is 3.32. The number of rotatable bonds is 5. The Morgan fingerprint density at radius 2 is 1.85 bits per heavy atom. The number of fused-ring (bicyclic) bond motifs is 1. The quantitative estimate of drug-likeness (QED) is 0.829. The zero-order chi connectivity index (χ0) is 14.8. The minimum Gasteiger partial charge on any atom is -0.479 e. The number of hydrogen-bond donors (Lipinski definition) is 2. The summed E-state index contributed by atoms with van der Waals surface area (Å²) in [6.45, 7) is 3.53. The highest BCUT2D eigenvalue weighted by Crippen LogP contribution is 2.32. The third-order valence-electron chi connectivity index (χ3n) is 3.31. The van der Waals surface area contributed by atoms with Gasteiger partial charge < -0.3 is 10.2 Å². The zero-order valence-electron chi connectivity index (χ0n) is 11.5. The van der Waals surface area contributed by atoms with Crippen LogP contribution in [0.1, 0.15) is 13.8 Å². The van der Waals surface area contributed by atoms with E-state index in [0.717, 1.165) is 10.3 Å². The van der Waals surface area contributed by atoms with Gasteiger partial charge in [-0.25, -0.2) is 4.79 Å². The van der Waals surface area contributed by atoms with Gasteiger partial charge in [-0.05, 0) is 22.9 Å².